The molecule has 0 aromatic heterocycles. The zero-order valence-corrected chi connectivity index (χ0v) is 19.3. The molecule has 2 fully saturated rings. The number of alkyl carbamates (subject to hydrolysis) is 1. The van der Waals surface area contributed by atoms with Gasteiger partial charge in [-0.05, 0) is 52.0 Å². The number of carbonyl (C=O) groups is 3. The lowest BCUT2D eigenvalue weighted by atomic mass is 9.94. The minimum atomic E-state index is -0.524. The van der Waals surface area contributed by atoms with Gasteiger partial charge in [-0.25, -0.2) is 9.59 Å². The Morgan fingerprint density at radius 3 is 2.12 bits per heavy atom. The van der Waals surface area contributed by atoms with Crippen molar-refractivity contribution in [3.8, 4) is 0 Å². The molecule has 8 heteroatoms. The summed E-state index contributed by atoms with van der Waals surface area (Å²) >= 11 is 0. The molecule has 1 aromatic rings. The fourth-order valence-corrected chi connectivity index (χ4v) is 4.10. The molecule has 0 atom stereocenters. The van der Waals surface area contributed by atoms with Crippen LogP contribution in [0.2, 0.25) is 0 Å². The quantitative estimate of drug-likeness (QED) is 0.766. The summed E-state index contributed by atoms with van der Waals surface area (Å²) in [7, 11) is 0. The Balaban J connectivity index is 1.36. The number of rotatable bonds is 4. The van der Waals surface area contributed by atoms with E-state index in [1.165, 1.54) is 0 Å². The number of ether oxygens (including phenoxy) is 2. The molecule has 2 heterocycles. The Bertz CT molecular complexity index is 777. The van der Waals surface area contributed by atoms with Crippen molar-refractivity contribution in [1.29, 1.82) is 0 Å². The van der Waals surface area contributed by atoms with Crippen molar-refractivity contribution in [2.24, 2.45) is 5.92 Å². The molecule has 2 saturated heterocycles. The van der Waals surface area contributed by atoms with Crippen molar-refractivity contribution >= 4 is 18.1 Å². The van der Waals surface area contributed by atoms with Gasteiger partial charge in [0.05, 0.1) is 0 Å². The highest BCUT2D eigenvalue weighted by atomic mass is 16.6. The van der Waals surface area contributed by atoms with E-state index in [4.69, 9.17) is 9.47 Å². The summed E-state index contributed by atoms with van der Waals surface area (Å²) in [5.74, 6) is 0.0848. The number of nitrogens with one attached hydrogen (secondary N) is 1. The van der Waals surface area contributed by atoms with Crippen molar-refractivity contribution in [2.45, 2.75) is 64.7 Å². The van der Waals surface area contributed by atoms with Crippen LogP contribution in [0, 0.1) is 5.92 Å². The molecule has 0 bridgehead atoms. The second-order valence-corrected chi connectivity index (χ2v) is 9.55. The van der Waals surface area contributed by atoms with Crippen molar-refractivity contribution < 1.29 is 23.9 Å². The first kappa shape index (κ1) is 23.9. The molecular formula is C24H35N3O5. The lowest BCUT2D eigenvalue weighted by molar-refractivity contribution is -0.138. The average Bonchev–Trinajstić information content (AvgIpc) is 2.77. The summed E-state index contributed by atoms with van der Waals surface area (Å²) in [5, 5.41) is 2.90. The fraction of sp³-hybridized carbons (Fsp3) is 0.625. The largest absolute Gasteiger partial charge is 0.445 e. The molecule has 3 rings (SSSR count). The van der Waals surface area contributed by atoms with E-state index < -0.39 is 11.7 Å². The van der Waals surface area contributed by atoms with Gasteiger partial charge in [0.1, 0.15) is 12.2 Å². The molecule has 176 valence electrons. The van der Waals surface area contributed by atoms with Crippen LogP contribution in [-0.4, -0.2) is 65.7 Å². The van der Waals surface area contributed by atoms with E-state index >= 15 is 0 Å². The Hall–Kier alpha value is -2.77. The lowest BCUT2D eigenvalue weighted by Crippen LogP contribution is -2.50. The van der Waals surface area contributed by atoms with E-state index in [1.807, 2.05) is 56.0 Å². The summed E-state index contributed by atoms with van der Waals surface area (Å²) in [6, 6.07) is 9.62. The maximum absolute atomic E-state index is 12.9. The number of amides is 3. The Morgan fingerprint density at radius 2 is 1.53 bits per heavy atom. The van der Waals surface area contributed by atoms with Crippen molar-refractivity contribution in [3.63, 3.8) is 0 Å². The molecule has 8 nitrogen and oxygen atoms in total. The topological polar surface area (TPSA) is 88.2 Å². The summed E-state index contributed by atoms with van der Waals surface area (Å²) in [5.41, 5.74) is 0.430. The van der Waals surface area contributed by atoms with E-state index in [9.17, 15) is 14.4 Å². The standard InChI is InChI=1S/C24H35N3O5/c1-24(2,3)32-22(29)25-20-11-15-26(16-12-20)21(28)19-9-13-27(14-10-19)23(30)31-17-18-7-5-4-6-8-18/h4-8,19-20H,9-17H2,1-3H3,(H,25,29). The molecule has 0 aliphatic carbocycles. The van der Waals surface area contributed by atoms with Gasteiger partial charge in [-0.15, -0.1) is 0 Å². The Kier molecular flexibility index (Phi) is 7.99. The molecule has 0 unspecified atom stereocenters. The molecule has 2 aliphatic heterocycles. The van der Waals surface area contributed by atoms with Crippen LogP contribution in [0.4, 0.5) is 9.59 Å². The van der Waals surface area contributed by atoms with Gasteiger partial charge in [-0.3, -0.25) is 4.79 Å². The molecule has 1 N–H and O–H groups in total. The first-order chi connectivity index (χ1) is 15.2. The second kappa shape index (κ2) is 10.7. The van der Waals surface area contributed by atoms with Crippen LogP contribution >= 0.6 is 0 Å². The number of benzene rings is 1. The second-order valence-electron chi connectivity index (χ2n) is 9.55. The number of carbonyl (C=O) groups excluding carboxylic acids is 3. The number of piperidine rings is 2. The minimum Gasteiger partial charge on any atom is -0.445 e. The maximum Gasteiger partial charge on any atom is 0.410 e. The van der Waals surface area contributed by atoms with E-state index in [0.717, 1.165) is 18.4 Å². The molecule has 0 radical (unpaired) electrons. The predicted molar refractivity (Wildman–Crippen MR) is 120 cm³/mol. The number of hydrogen-bond acceptors (Lipinski definition) is 5. The van der Waals surface area contributed by atoms with E-state index in [-0.39, 0.29) is 30.6 Å². The molecule has 3 amide bonds. The highest BCUT2D eigenvalue weighted by Crippen LogP contribution is 2.23. The fourth-order valence-electron chi connectivity index (χ4n) is 4.10. The highest BCUT2D eigenvalue weighted by molar-refractivity contribution is 5.79. The van der Waals surface area contributed by atoms with Crippen molar-refractivity contribution in [3.05, 3.63) is 35.9 Å². The zero-order valence-electron chi connectivity index (χ0n) is 19.3. The van der Waals surface area contributed by atoms with Gasteiger partial charge in [0.25, 0.3) is 0 Å². The van der Waals surface area contributed by atoms with Gasteiger partial charge in [-0.1, -0.05) is 30.3 Å². The molecule has 1 aromatic carbocycles. The first-order valence-corrected chi connectivity index (χ1v) is 11.5. The smallest absolute Gasteiger partial charge is 0.410 e. The van der Waals surface area contributed by atoms with Gasteiger partial charge in [0, 0.05) is 38.1 Å². The molecule has 0 saturated carbocycles. The average molecular weight is 446 g/mol. The maximum atomic E-state index is 12.9. The molecule has 0 spiro atoms. The van der Waals surface area contributed by atoms with Gasteiger partial charge in [0.15, 0.2) is 0 Å². The summed E-state index contributed by atoms with van der Waals surface area (Å²) < 4.78 is 10.7. The SMILES string of the molecule is CC(C)(C)OC(=O)NC1CCN(C(=O)C2CCN(C(=O)OCc3ccccc3)CC2)CC1. The van der Waals surface area contributed by atoms with Gasteiger partial charge in [-0.2, -0.15) is 0 Å². The van der Waals surface area contributed by atoms with Crippen LogP contribution in [0.1, 0.15) is 52.0 Å². The monoisotopic (exact) mass is 445 g/mol. The third kappa shape index (κ3) is 7.14. The van der Waals surface area contributed by atoms with Gasteiger partial charge >= 0.3 is 12.2 Å². The van der Waals surface area contributed by atoms with Gasteiger partial charge < -0.3 is 24.6 Å². The summed E-state index contributed by atoms with van der Waals surface area (Å²) in [6.45, 7) is 8.07. The molecule has 2 aliphatic rings. The number of nitrogens with zero attached hydrogens (tertiary/aromatic N) is 2. The van der Waals surface area contributed by atoms with Crippen LogP contribution in [0.25, 0.3) is 0 Å². The van der Waals surface area contributed by atoms with E-state index in [2.05, 4.69) is 5.32 Å². The normalized spacial score (nSPS) is 18.2. The summed E-state index contributed by atoms with van der Waals surface area (Å²) in [6.07, 6.45) is 2.00. The zero-order chi connectivity index (χ0) is 23.1. The predicted octanol–water partition coefficient (Wildman–Crippen LogP) is 3.55. The van der Waals surface area contributed by atoms with Crippen LogP contribution in [0.3, 0.4) is 0 Å². The first-order valence-electron chi connectivity index (χ1n) is 11.5. The van der Waals surface area contributed by atoms with Crippen LogP contribution in [0.15, 0.2) is 30.3 Å². The van der Waals surface area contributed by atoms with E-state index in [0.29, 0.717) is 39.0 Å². The molecular weight excluding hydrogens is 410 g/mol. The highest BCUT2D eigenvalue weighted by Gasteiger charge is 2.33. The van der Waals surface area contributed by atoms with Crippen LogP contribution in [-0.2, 0) is 20.9 Å². The Labute approximate surface area is 190 Å². The van der Waals surface area contributed by atoms with Crippen molar-refractivity contribution in [1.82, 2.24) is 15.1 Å². The Morgan fingerprint density at radius 1 is 0.938 bits per heavy atom. The number of likely N-dealkylation sites (tertiary alicyclic amines) is 2. The van der Waals surface area contributed by atoms with Crippen LogP contribution in [0.5, 0.6) is 0 Å². The molecule has 32 heavy (non-hydrogen) atoms. The van der Waals surface area contributed by atoms with E-state index in [1.54, 1.807) is 4.90 Å². The lowest BCUT2D eigenvalue weighted by Gasteiger charge is -2.37. The third-order valence-electron chi connectivity index (χ3n) is 5.84. The third-order valence-corrected chi connectivity index (χ3v) is 5.84. The summed E-state index contributed by atoms with van der Waals surface area (Å²) in [4.78, 5) is 40.8. The van der Waals surface area contributed by atoms with Gasteiger partial charge in [0.2, 0.25) is 5.91 Å². The minimum absolute atomic E-state index is 0.0233. The van der Waals surface area contributed by atoms with Crippen LogP contribution < -0.4 is 5.32 Å². The van der Waals surface area contributed by atoms with Crippen molar-refractivity contribution in [2.75, 3.05) is 26.2 Å². The number of hydrogen-bond donors (Lipinski definition) is 1.